The summed E-state index contributed by atoms with van der Waals surface area (Å²) in [4.78, 5) is 67.3. The fourth-order valence-corrected chi connectivity index (χ4v) is 5.57. The number of aliphatic carboxylic acids is 1. The maximum Gasteiger partial charge on any atom is 0.407 e. The van der Waals surface area contributed by atoms with Gasteiger partial charge in [-0.3, -0.25) is 19.0 Å². The molecule has 0 unspecified atom stereocenters. The number of rotatable bonds is 11. The number of fused-ring (bicyclic) bond motifs is 3. The Morgan fingerprint density at radius 3 is 2.12 bits per heavy atom. The number of hydrogen-bond donors (Lipinski definition) is 3. The third-order valence-electron chi connectivity index (χ3n) is 8.11. The number of amides is 3. The lowest BCUT2D eigenvalue weighted by molar-refractivity contribution is -0.144. The van der Waals surface area contributed by atoms with Gasteiger partial charge in [0.2, 0.25) is 5.91 Å². The van der Waals surface area contributed by atoms with Crippen LogP contribution in [0.4, 0.5) is 10.6 Å². The smallest absolute Gasteiger partial charge is 0.407 e. The molecule has 4 aromatic rings. The predicted octanol–water partition coefficient (Wildman–Crippen LogP) is 4.25. The van der Waals surface area contributed by atoms with E-state index in [9.17, 15) is 29.1 Å². The van der Waals surface area contributed by atoms with Crippen LogP contribution >= 0.6 is 0 Å². The molecule has 12 heteroatoms. The number of carbonyl (C=O) groups is 4. The van der Waals surface area contributed by atoms with Crippen molar-refractivity contribution in [1.82, 2.24) is 19.8 Å². The van der Waals surface area contributed by atoms with Crippen LogP contribution in [-0.4, -0.2) is 69.7 Å². The van der Waals surface area contributed by atoms with Gasteiger partial charge < -0.3 is 25.4 Å². The van der Waals surface area contributed by atoms with E-state index in [2.05, 4.69) is 36.4 Å². The Morgan fingerprint density at radius 2 is 1.54 bits per heavy atom. The molecule has 3 amide bonds. The van der Waals surface area contributed by atoms with Crippen molar-refractivity contribution in [3.8, 4) is 11.1 Å². The third-order valence-corrected chi connectivity index (χ3v) is 8.11. The molecule has 0 radical (unpaired) electrons. The minimum atomic E-state index is -1.26. The Morgan fingerprint density at radius 1 is 0.917 bits per heavy atom. The summed E-state index contributed by atoms with van der Waals surface area (Å²) in [5.74, 6) is -2.51. The number of aromatic nitrogens is 2. The summed E-state index contributed by atoms with van der Waals surface area (Å²) >= 11 is 0. The predicted molar refractivity (Wildman–Crippen MR) is 179 cm³/mol. The Bertz CT molecular complexity index is 1850. The number of nitrogens with zero attached hydrogens (tertiary/aromatic N) is 3. The molecule has 48 heavy (non-hydrogen) atoms. The third kappa shape index (κ3) is 7.95. The van der Waals surface area contributed by atoms with Gasteiger partial charge >= 0.3 is 17.8 Å². The van der Waals surface area contributed by atoms with Gasteiger partial charge in [-0.2, -0.15) is 4.98 Å². The number of hydrogen-bond acceptors (Lipinski definition) is 7. The van der Waals surface area contributed by atoms with E-state index in [1.54, 1.807) is 12.1 Å². The van der Waals surface area contributed by atoms with Gasteiger partial charge in [0.1, 0.15) is 25.5 Å². The topological polar surface area (TPSA) is 160 Å². The van der Waals surface area contributed by atoms with Crippen molar-refractivity contribution >= 4 is 29.7 Å². The van der Waals surface area contributed by atoms with Crippen LogP contribution in [0, 0.1) is 0 Å². The molecule has 0 atom stereocenters. The number of nitrogens with one attached hydrogen (secondary N) is 2. The normalized spacial score (nSPS) is 12.1. The molecule has 0 saturated heterocycles. The molecule has 1 aromatic heterocycles. The molecule has 5 rings (SSSR count). The second-order valence-corrected chi connectivity index (χ2v) is 12.5. The zero-order valence-corrected chi connectivity index (χ0v) is 26.9. The second kappa shape index (κ2) is 14.3. The Hall–Kier alpha value is -5.78. The summed E-state index contributed by atoms with van der Waals surface area (Å²) in [7, 11) is 0. The van der Waals surface area contributed by atoms with E-state index in [1.807, 2.05) is 60.7 Å². The van der Waals surface area contributed by atoms with Gasteiger partial charge in [0.05, 0.1) is 0 Å². The van der Waals surface area contributed by atoms with Crippen LogP contribution in [0.5, 0.6) is 0 Å². The SMILES string of the molecule is CC(C)(C)c1ccc(C(=O)Nc2ccn(CC(=O)N(CCNC(=O)OCC3c4ccccc4-c4ccccc43)CC(=O)O)c(=O)n2)cc1. The highest BCUT2D eigenvalue weighted by Crippen LogP contribution is 2.44. The van der Waals surface area contributed by atoms with Crippen molar-refractivity contribution in [2.24, 2.45) is 0 Å². The number of carboxylic acids is 1. The van der Waals surface area contributed by atoms with Crippen molar-refractivity contribution in [2.75, 3.05) is 31.6 Å². The summed E-state index contributed by atoms with van der Waals surface area (Å²) in [6.45, 7) is 4.95. The minimum absolute atomic E-state index is 0.00304. The lowest BCUT2D eigenvalue weighted by Crippen LogP contribution is -2.44. The molecular weight excluding hydrogens is 614 g/mol. The van der Waals surface area contributed by atoms with Crippen LogP contribution in [0.2, 0.25) is 0 Å². The summed E-state index contributed by atoms with van der Waals surface area (Å²) in [6.07, 6.45) is 0.585. The molecule has 248 valence electrons. The van der Waals surface area contributed by atoms with Crippen molar-refractivity contribution in [1.29, 1.82) is 0 Å². The fourth-order valence-electron chi connectivity index (χ4n) is 5.57. The van der Waals surface area contributed by atoms with Gasteiger partial charge in [0.25, 0.3) is 5.91 Å². The number of benzene rings is 3. The minimum Gasteiger partial charge on any atom is -0.480 e. The molecule has 0 aliphatic heterocycles. The first kappa shape index (κ1) is 33.6. The van der Waals surface area contributed by atoms with Crippen LogP contribution in [0.25, 0.3) is 11.1 Å². The maximum atomic E-state index is 13.0. The van der Waals surface area contributed by atoms with E-state index in [1.165, 1.54) is 12.3 Å². The second-order valence-electron chi connectivity index (χ2n) is 12.5. The van der Waals surface area contributed by atoms with Gasteiger partial charge in [-0.05, 0) is 51.4 Å². The van der Waals surface area contributed by atoms with E-state index in [0.29, 0.717) is 5.56 Å². The molecule has 0 saturated carbocycles. The first-order chi connectivity index (χ1) is 22.9. The van der Waals surface area contributed by atoms with Crippen LogP contribution < -0.4 is 16.3 Å². The molecule has 1 heterocycles. The summed E-state index contributed by atoms with van der Waals surface area (Å²) in [5, 5.41) is 14.5. The molecule has 3 N–H and O–H groups in total. The first-order valence-corrected chi connectivity index (χ1v) is 15.5. The van der Waals surface area contributed by atoms with Gasteiger partial charge in [0, 0.05) is 30.8 Å². The maximum absolute atomic E-state index is 13.0. The fraction of sp³-hybridized carbons (Fsp3) is 0.278. The van der Waals surface area contributed by atoms with Crippen LogP contribution in [0.3, 0.4) is 0 Å². The summed E-state index contributed by atoms with van der Waals surface area (Å²) in [6, 6.07) is 24.4. The average molecular weight is 652 g/mol. The highest BCUT2D eigenvalue weighted by molar-refractivity contribution is 6.03. The zero-order valence-electron chi connectivity index (χ0n) is 26.9. The molecule has 1 aliphatic rings. The number of anilines is 1. The molecule has 1 aliphatic carbocycles. The van der Waals surface area contributed by atoms with Crippen molar-refractivity contribution in [3.63, 3.8) is 0 Å². The quantitative estimate of drug-likeness (QED) is 0.217. The molecule has 0 fully saturated rings. The van der Waals surface area contributed by atoms with E-state index in [0.717, 1.165) is 37.3 Å². The largest absolute Gasteiger partial charge is 0.480 e. The number of alkyl carbamates (subject to hydrolysis) is 1. The molecule has 3 aromatic carbocycles. The van der Waals surface area contributed by atoms with Crippen molar-refractivity contribution in [3.05, 3.63) is 118 Å². The molecule has 12 nitrogen and oxygen atoms in total. The number of carbonyl (C=O) groups excluding carboxylic acids is 3. The van der Waals surface area contributed by atoms with Crippen LogP contribution in [0.15, 0.2) is 89.9 Å². The summed E-state index contributed by atoms with van der Waals surface area (Å²) in [5.41, 5.74) is 4.90. The van der Waals surface area contributed by atoms with E-state index < -0.39 is 42.7 Å². The monoisotopic (exact) mass is 651 g/mol. The molecule has 0 bridgehead atoms. The highest BCUT2D eigenvalue weighted by atomic mass is 16.5. The van der Waals surface area contributed by atoms with Crippen molar-refractivity contribution in [2.45, 2.75) is 38.6 Å². The highest BCUT2D eigenvalue weighted by Gasteiger charge is 2.29. The van der Waals surface area contributed by atoms with Gasteiger partial charge in [-0.15, -0.1) is 0 Å². The molecular formula is C36H37N5O7. The Kier molecular flexibility index (Phi) is 10.0. The van der Waals surface area contributed by atoms with E-state index in [-0.39, 0.29) is 36.8 Å². The first-order valence-electron chi connectivity index (χ1n) is 15.5. The number of ether oxygens (including phenoxy) is 1. The summed E-state index contributed by atoms with van der Waals surface area (Å²) < 4.78 is 6.51. The molecule has 0 spiro atoms. The Labute approximate surface area is 277 Å². The van der Waals surface area contributed by atoms with E-state index in [4.69, 9.17) is 4.74 Å². The van der Waals surface area contributed by atoms with Gasteiger partial charge in [0.15, 0.2) is 0 Å². The Balaban J connectivity index is 1.13. The van der Waals surface area contributed by atoms with Crippen LogP contribution in [0.1, 0.15) is 53.7 Å². The standard InChI is InChI=1S/C36H37N5O7/c1-36(2,3)24-14-12-23(13-15-24)33(45)38-30-16-18-41(34(46)39-30)20-31(42)40(21-32(43)44)19-17-37-35(47)48-22-29-27-10-6-4-8-25(27)26-9-5-7-11-28(26)29/h4-16,18,29H,17,19-22H2,1-3H3,(H,37,47)(H,43,44)(H,38,39,45,46). The van der Waals surface area contributed by atoms with Crippen LogP contribution in [-0.2, 0) is 26.3 Å². The number of carboxylic acid groups (broad SMARTS) is 1. The zero-order chi connectivity index (χ0) is 34.4. The van der Waals surface area contributed by atoms with E-state index >= 15 is 0 Å². The van der Waals surface area contributed by atoms with Gasteiger partial charge in [-0.25, -0.2) is 9.59 Å². The van der Waals surface area contributed by atoms with Crippen molar-refractivity contribution < 1.29 is 29.0 Å². The average Bonchev–Trinajstić information content (AvgIpc) is 3.37. The lowest BCUT2D eigenvalue weighted by atomic mass is 9.87. The lowest BCUT2D eigenvalue weighted by Gasteiger charge is -2.21. The van der Waals surface area contributed by atoms with Gasteiger partial charge in [-0.1, -0.05) is 81.4 Å².